The second-order valence-corrected chi connectivity index (χ2v) is 6.64. The lowest BCUT2D eigenvalue weighted by atomic mass is 9.97. The Morgan fingerprint density at radius 1 is 1.33 bits per heavy atom. The summed E-state index contributed by atoms with van der Waals surface area (Å²) < 4.78 is 0. The van der Waals surface area contributed by atoms with E-state index in [-0.39, 0.29) is 17.9 Å². The second kappa shape index (κ2) is 5.68. The Balaban J connectivity index is 1.58. The van der Waals surface area contributed by atoms with Crippen molar-refractivity contribution in [3.8, 4) is 0 Å². The highest BCUT2D eigenvalue weighted by Crippen LogP contribution is 2.38. The van der Waals surface area contributed by atoms with E-state index in [9.17, 15) is 9.90 Å². The van der Waals surface area contributed by atoms with Crippen molar-refractivity contribution in [1.82, 2.24) is 4.90 Å². The smallest absolute Gasteiger partial charge is 0.223 e. The fourth-order valence-electron chi connectivity index (χ4n) is 3.77. The molecule has 2 fully saturated rings. The second-order valence-electron chi connectivity index (χ2n) is 6.64. The summed E-state index contributed by atoms with van der Waals surface area (Å²) in [5, 5.41) is 9.93. The number of carbonyl (C=O) groups excluding carboxylic acids is 1. The van der Waals surface area contributed by atoms with E-state index in [1.165, 1.54) is 0 Å². The molecule has 1 aliphatic heterocycles. The van der Waals surface area contributed by atoms with Crippen LogP contribution in [0.2, 0.25) is 0 Å². The van der Waals surface area contributed by atoms with Gasteiger partial charge in [-0.1, -0.05) is 19.1 Å². The fourth-order valence-corrected chi connectivity index (χ4v) is 3.77. The van der Waals surface area contributed by atoms with Crippen molar-refractivity contribution in [2.45, 2.75) is 38.2 Å². The number of aliphatic hydroxyl groups is 1. The van der Waals surface area contributed by atoms with E-state index in [4.69, 9.17) is 5.73 Å². The molecule has 1 amide bonds. The molecule has 3 rings (SSSR count). The van der Waals surface area contributed by atoms with Gasteiger partial charge in [-0.3, -0.25) is 4.79 Å². The molecule has 21 heavy (non-hydrogen) atoms. The molecular formula is C17H24N2O2. The molecule has 2 aliphatic rings. The van der Waals surface area contributed by atoms with Gasteiger partial charge >= 0.3 is 0 Å². The van der Waals surface area contributed by atoms with Crippen LogP contribution >= 0.6 is 0 Å². The topological polar surface area (TPSA) is 66.6 Å². The van der Waals surface area contributed by atoms with E-state index >= 15 is 0 Å². The average Bonchev–Trinajstić information content (AvgIpc) is 3.02. The molecule has 4 heteroatoms. The van der Waals surface area contributed by atoms with Crippen molar-refractivity contribution < 1.29 is 9.90 Å². The van der Waals surface area contributed by atoms with Crippen LogP contribution in [0.4, 0.5) is 5.69 Å². The van der Waals surface area contributed by atoms with Crippen molar-refractivity contribution in [3.63, 3.8) is 0 Å². The number of nitrogen functional groups attached to an aromatic ring is 1. The van der Waals surface area contributed by atoms with Gasteiger partial charge < -0.3 is 15.7 Å². The van der Waals surface area contributed by atoms with Gasteiger partial charge in [0.15, 0.2) is 0 Å². The van der Waals surface area contributed by atoms with E-state index in [1.54, 1.807) is 0 Å². The molecule has 1 aromatic carbocycles. The Labute approximate surface area is 125 Å². The minimum absolute atomic E-state index is 0.198. The SMILES string of the molecule is CC(CC(=O)N1CC2CCC(O)C2C1)c1ccc(N)cc1. The quantitative estimate of drug-likeness (QED) is 0.836. The maximum Gasteiger partial charge on any atom is 0.223 e. The molecule has 1 aromatic rings. The molecule has 4 nitrogen and oxygen atoms in total. The van der Waals surface area contributed by atoms with Crippen LogP contribution < -0.4 is 5.73 Å². The van der Waals surface area contributed by atoms with Crippen LogP contribution in [0.25, 0.3) is 0 Å². The summed E-state index contributed by atoms with van der Waals surface area (Å²) in [6, 6.07) is 7.76. The molecule has 1 saturated carbocycles. The molecule has 1 saturated heterocycles. The first-order valence-corrected chi connectivity index (χ1v) is 7.86. The number of hydrogen-bond donors (Lipinski definition) is 2. The van der Waals surface area contributed by atoms with Crippen LogP contribution in [0.5, 0.6) is 0 Å². The lowest BCUT2D eigenvalue weighted by Gasteiger charge is -2.21. The van der Waals surface area contributed by atoms with E-state index in [0.717, 1.165) is 37.2 Å². The third kappa shape index (κ3) is 2.91. The predicted molar refractivity (Wildman–Crippen MR) is 82.7 cm³/mol. The maximum absolute atomic E-state index is 12.5. The van der Waals surface area contributed by atoms with Gasteiger partial charge in [-0.15, -0.1) is 0 Å². The summed E-state index contributed by atoms with van der Waals surface area (Å²) in [5.41, 5.74) is 7.59. The third-order valence-electron chi connectivity index (χ3n) is 5.16. The summed E-state index contributed by atoms with van der Waals surface area (Å²) >= 11 is 0. The number of nitrogens with two attached hydrogens (primary N) is 1. The third-order valence-corrected chi connectivity index (χ3v) is 5.16. The minimum Gasteiger partial charge on any atom is -0.399 e. The van der Waals surface area contributed by atoms with Crippen LogP contribution in [-0.4, -0.2) is 35.1 Å². The van der Waals surface area contributed by atoms with Gasteiger partial charge in [-0.05, 0) is 42.4 Å². The summed E-state index contributed by atoms with van der Waals surface area (Å²) in [7, 11) is 0. The Hall–Kier alpha value is -1.55. The molecule has 4 unspecified atom stereocenters. The standard InChI is InChI=1S/C17H24N2O2/c1-11(12-2-5-14(18)6-3-12)8-17(21)19-9-13-4-7-16(20)15(13)10-19/h2-3,5-6,11,13,15-16,20H,4,7-10,18H2,1H3. The van der Waals surface area contributed by atoms with Crippen molar-refractivity contribution in [2.24, 2.45) is 11.8 Å². The fraction of sp³-hybridized carbons (Fsp3) is 0.588. The minimum atomic E-state index is -0.206. The molecule has 0 aromatic heterocycles. The molecule has 0 bridgehead atoms. The zero-order valence-corrected chi connectivity index (χ0v) is 12.5. The van der Waals surface area contributed by atoms with E-state index in [1.807, 2.05) is 29.2 Å². The first kappa shape index (κ1) is 14.4. The number of fused-ring (bicyclic) bond motifs is 1. The number of nitrogens with zero attached hydrogens (tertiary/aromatic N) is 1. The maximum atomic E-state index is 12.5. The molecular weight excluding hydrogens is 264 g/mol. The van der Waals surface area contributed by atoms with Gasteiger partial charge in [0.1, 0.15) is 0 Å². The van der Waals surface area contributed by atoms with E-state index in [0.29, 0.717) is 18.3 Å². The first-order valence-electron chi connectivity index (χ1n) is 7.86. The summed E-state index contributed by atoms with van der Waals surface area (Å²) in [6.07, 6.45) is 2.28. The summed E-state index contributed by atoms with van der Waals surface area (Å²) in [4.78, 5) is 14.4. The highest BCUT2D eigenvalue weighted by Gasteiger charge is 2.43. The molecule has 3 N–H and O–H groups in total. The van der Waals surface area contributed by atoms with Crippen LogP contribution in [0.3, 0.4) is 0 Å². The van der Waals surface area contributed by atoms with Gasteiger partial charge in [-0.2, -0.15) is 0 Å². The molecule has 1 heterocycles. The van der Waals surface area contributed by atoms with Crippen LogP contribution in [0.1, 0.15) is 37.7 Å². The number of hydrogen-bond acceptors (Lipinski definition) is 3. The Morgan fingerprint density at radius 2 is 2.05 bits per heavy atom. The molecule has 114 valence electrons. The number of likely N-dealkylation sites (tertiary alicyclic amines) is 1. The van der Waals surface area contributed by atoms with Crippen molar-refractivity contribution >= 4 is 11.6 Å². The molecule has 1 aliphatic carbocycles. The number of carbonyl (C=O) groups is 1. The number of rotatable bonds is 3. The Bertz CT molecular complexity index is 514. The highest BCUT2D eigenvalue weighted by molar-refractivity contribution is 5.77. The number of benzene rings is 1. The van der Waals surface area contributed by atoms with Gasteiger partial charge in [-0.25, -0.2) is 0 Å². The molecule has 0 spiro atoms. The van der Waals surface area contributed by atoms with Crippen LogP contribution in [0.15, 0.2) is 24.3 Å². The normalized spacial score (nSPS) is 29.4. The average molecular weight is 288 g/mol. The lowest BCUT2D eigenvalue weighted by Crippen LogP contribution is -2.31. The summed E-state index contributed by atoms with van der Waals surface area (Å²) in [6.45, 7) is 3.64. The van der Waals surface area contributed by atoms with E-state index < -0.39 is 0 Å². The van der Waals surface area contributed by atoms with E-state index in [2.05, 4.69) is 6.92 Å². The van der Waals surface area contributed by atoms with Crippen molar-refractivity contribution in [2.75, 3.05) is 18.8 Å². The van der Waals surface area contributed by atoms with Crippen molar-refractivity contribution in [3.05, 3.63) is 29.8 Å². The first-order chi connectivity index (χ1) is 10.0. The zero-order chi connectivity index (χ0) is 15.0. The van der Waals surface area contributed by atoms with Gasteiger partial charge in [0, 0.05) is 31.1 Å². The van der Waals surface area contributed by atoms with Gasteiger partial charge in [0.25, 0.3) is 0 Å². The van der Waals surface area contributed by atoms with Crippen LogP contribution in [0, 0.1) is 11.8 Å². The molecule has 4 atom stereocenters. The lowest BCUT2D eigenvalue weighted by molar-refractivity contribution is -0.130. The largest absolute Gasteiger partial charge is 0.399 e. The predicted octanol–water partition coefficient (Wildman–Crippen LogP) is 1.99. The van der Waals surface area contributed by atoms with Crippen LogP contribution in [-0.2, 0) is 4.79 Å². The number of anilines is 1. The Kier molecular flexibility index (Phi) is 3.89. The monoisotopic (exact) mass is 288 g/mol. The summed E-state index contributed by atoms with van der Waals surface area (Å²) in [5.74, 6) is 1.22. The molecule has 0 radical (unpaired) electrons. The number of amides is 1. The highest BCUT2D eigenvalue weighted by atomic mass is 16.3. The Morgan fingerprint density at radius 3 is 2.71 bits per heavy atom. The van der Waals surface area contributed by atoms with Gasteiger partial charge in [0.2, 0.25) is 5.91 Å². The van der Waals surface area contributed by atoms with Gasteiger partial charge in [0.05, 0.1) is 6.10 Å². The number of aliphatic hydroxyl groups excluding tert-OH is 1. The zero-order valence-electron chi connectivity index (χ0n) is 12.5. The van der Waals surface area contributed by atoms with Crippen molar-refractivity contribution in [1.29, 1.82) is 0 Å².